The molecule has 112 valence electrons. The van der Waals surface area contributed by atoms with Gasteiger partial charge in [0.25, 0.3) is 5.56 Å². The van der Waals surface area contributed by atoms with Gasteiger partial charge in [-0.3, -0.25) is 14.3 Å². The Bertz CT molecular complexity index is 939. The van der Waals surface area contributed by atoms with Gasteiger partial charge in [-0.1, -0.05) is 11.6 Å². The number of nitrogens with zero attached hydrogens (tertiary/aromatic N) is 3. The topological polar surface area (TPSA) is 59.8 Å². The van der Waals surface area contributed by atoms with Gasteiger partial charge < -0.3 is 5.32 Å². The summed E-state index contributed by atoms with van der Waals surface area (Å²) < 4.78 is 15.1. The lowest BCUT2D eigenvalue weighted by atomic mass is 10.2. The largest absolute Gasteiger partial charge is 0.387 e. The van der Waals surface area contributed by atoms with E-state index in [0.29, 0.717) is 22.5 Å². The van der Waals surface area contributed by atoms with Crippen molar-refractivity contribution in [3.8, 4) is 5.69 Å². The number of fused-ring (bicyclic) bond motifs is 1. The van der Waals surface area contributed by atoms with Crippen molar-refractivity contribution >= 4 is 28.3 Å². The number of nitrogens with one attached hydrogen (secondary N) is 1. The maximum atomic E-state index is 13.8. The van der Waals surface area contributed by atoms with Crippen LogP contribution in [0.15, 0.2) is 35.3 Å². The molecule has 0 aliphatic carbocycles. The smallest absolute Gasteiger partial charge is 0.258 e. The van der Waals surface area contributed by atoms with Crippen LogP contribution >= 0.6 is 11.6 Å². The van der Waals surface area contributed by atoms with Crippen LogP contribution in [0.4, 0.5) is 10.1 Å². The number of hydrogen-bond acceptors (Lipinski definition) is 4. The van der Waals surface area contributed by atoms with Crippen LogP contribution in [0.25, 0.3) is 16.7 Å². The summed E-state index contributed by atoms with van der Waals surface area (Å²) in [6, 6.07) is 6.13. The second kappa shape index (κ2) is 5.38. The van der Waals surface area contributed by atoms with Gasteiger partial charge in [0.05, 0.1) is 17.1 Å². The van der Waals surface area contributed by atoms with Crippen LogP contribution in [0.5, 0.6) is 0 Å². The first-order chi connectivity index (χ1) is 10.5. The molecule has 0 unspecified atom stereocenters. The minimum absolute atomic E-state index is 0.277. The molecule has 22 heavy (non-hydrogen) atoms. The molecule has 0 amide bonds. The highest BCUT2D eigenvalue weighted by Crippen LogP contribution is 2.26. The number of rotatable bonds is 2. The lowest BCUT2D eigenvalue weighted by molar-refractivity contribution is 0.624. The molecule has 3 aromatic heterocycles. The fourth-order valence-corrected chi connectivity index (χ4v) is 2.48. The molecule has 0 fully saturated rings. The minimum atomic E-state index is -0.640. The maximum absolute atomic E-state index is 13.8. The van der Waals surface area contributed by atoms with E-state index >= 15 is 0 Å². The lowest BCUT2D eigenvalue weighted by Crippen LogP contribution is -2.21. The Hall–Kier alpha value is -2.47. The summed E-state index contributed by atoms with van der Waals surface area (Å²) in [5.74, 6) is -0.640. The van der Waals surface area contributed by atoms with E-state index in [2.05, 4.69) is 15.3 Å². The molecule has 0 spiro atoms. The van der Waals surface area contributed by atoms with Crippen molar-refractivity contribution < 1.29 is 4.39 Å². The van der Waals surface area contributed by atoms with Crippen LogP contribution in [0.1, 0.15) is 5.69 Å². The number of pyridine rings is 3. The molecule has 0 bridgehead atoms. The number of anilines is 1. The summed E-state index contributed by atoms with van der Waals surface area (Å²) in [6.45, 7) is 1.78. The molecule has 0 saturated heterocycles. The number of halogens is 2. The van der Waals surface area contributed by atoms with Gasteiger partial charge >= 0.3 is 0 Å². The molecular weight excluding hydrogens is 307 g/mol. The van der Waals surface area contributed by atoms with Crippen LogP contribution in [-0.4, -0.2) is 21.6 Å². The van der Waals surface area contributed by atoms with Crippen molar-refractivity contribution in [3.05, 3.63) is 57.5 Å². The monoisotopic (exact) mass is 318 g/mol. The standard InChI is InChI=1S/C15H12ClFN4O/c1-8-12(4-3-5-19-8)21-13(22)7-11(18-2)9-6-10(17)14(16)20-15(9)21/h3-7,18H,1-2H3. The predicted molar refractivity (Wildman–Crippen MR) is 84.4 cm³/mol. The van der Waals surface area contributed by atoms with Crippen LogP contribution in [0.2, 0.25) is 5.15 Å². The quantitative estimate of drug-likeness (QED) is 0.738. The van der Waals surface area contributed by atoms with Gasteiger partial charge in [-0.2, -0.15) is 0 Å². The maximum Gasteiger partial charge on any atom is 0.258 e. The van der Waals surface area contributed by atoms with Crippen LogP contribution in [0, 0.1) is 12.7 Å². The summed E-state index contributed by atoms with van der Waals surface area (Å²) in [6.07, 6.45) is 1.63. The second-order valence-corrected chi connectivity index (χ2v) is 5.08. The highest BCUT2D eigenvalue weighted by Gasteiger charge is 2.15. The van der Waals surface area contributed by atoms with E-state index in [0.717, 1.165) is 0 Å². The van der Waals surface area contributed by atoms with Crippen molar-refractivity contribution in [3.63, 3.8) is 0 Å². The van der Waals surface area contributed by atoms with Crippen molar-refractivity contribution in [2.75, 3.05) is 12.4 Å². The Morgan fingerprint density at radius 2 is 2.14 bits per heavy atom. The summed E-state index contributed by atoms with van der Waals surface area (Å²) in [7, 11) is 1.65. The molecule has 0 radical (unpaired) electrons. The summed E-state index contributed by atoms with van der Waals surface area (Å²) in [5, 5.41) is 3.06. The zero-order valence-electron chi connectivity index (χ0n) is 11.9. The molecule has 0 saturated carbocycles. The Morgan fingerprint density at radius 3 is 2.82 bits per heavy atom. The predicted octanol–water partition coefficient (Wildman–Crippen LogP) is 2.92. The Balaban J connectivity index is 2.50. The number of hydrogen-bond donors (Lipinski definition) is 1. The second-order valence-electron chi connectivity index (χ2n) is 4.72. The fourth-order valence-electron chi connectivity index (χ4n) is 2.35. The zero-order valence-corrected chi connectivity index (χ0v) is 12.6. The van der Waals surface area contributed by atoms with Gasteiger partial charge in [-0.15, -0.1) is 0 Å². The number of aryl methyl sites for hydroxylation is 1. The Kier molecular flexibility index (Phi) is 3.54. The van der Waals surface area contributed by atoms with Gasteiger partial charge in [0.2, 0.25) is 0 Å². The minimum Gasteiger partial charge on any atom is -0.387 e. The van der Waals surface area contributed by atoms with Gasteiger partial charge in [0.15, 0.2) is 16.6 Å². The first-order valence-electron chi connectivity index (χ1n) is 6.54. The molecule has 1 N–H and O–H groups in total. The van der Waals surface area contributed by atoms with E-state index < -0.39 is 5.82 Å². The first kappa shape index (κ1) is 14.5. The lowest BCUT2D eigenvalue weighted by Gasteiger charge is -2.14. The van der Waals surface area contributed by atoms with E-state index in [-0.39, 0.29) is 16.4 Å². The highest BCUT2D eigenvalue weighted by atomic mass is 35.5. The van der Waals surface area contributed by atoms with E-state index in [9.17, 15) is 9.18 Å². The molecule has 0 aromatic carbocycles. The summed E-state index contributed by atoms with van der Waals surface area (Å²) in [4.78, 5) is 20.7. The Morgan fingerprint density at radius 1 is 1.36 bits per heavy atom. The molecule has 3 aromatic rings. The van der Waals surface area contributed by atoms with Crippen LogP contribution in [0.3, 0.4) is 0 Å². The molecule has 3 rings (SSSR count). The summed E-state index contributed by atoms with van der Waals surface area (Å²) >= 11 is 5.80. The molecule has 7 heteroatoms. The average molecular weight is 319 g/mol. The van der Waals surface area contributed by atoms with Crippen molar-refractivity contribution in [1.82, 2.24) is 14.5 Å². The SMILES string of the molecule is CNc1cc(=O)n(-c2cccnc2C)c2nc(Cl)c(F)cc12. The van der Waals surface area contributed by atoms with E-state index in [1.807, 2.05) is 0 Å². The van der Waals surface area contributed by atoms with E-state index in [1.54, 1.807) is 32.3 Å². The molecule has 3 heterocycles. The van der Waals surface area contributed by atoms with Gasteiger partial charge in [-0.05, 0) is 25.1 Å². The van der Waals surface area contributed by atoms with E-state index in [1.165, 1.54) is 16.7 Å². The van der Waals surface area contributed by atoms with Gasteiger partial charge in [0, 0.05) is 24.7 Å². The van der Waals surface area contributed by atoms with E-state index in [4.69, 9.17) is 11.6 Å². The molecular formula is C15H12ClFN4O. The van der Waals surface area contributed by atoms with Crippen molar-refractivity contribution in [1.29, 1.82) is 0 Å². The van der Waals surface area contributed by atoms with Crippen molar-refractivity contribution in [2.24, 2.45) is 0 Å². The average Bonchev–Trinajstić information content (AvgIpc) is 2.50. The Labute approximate surface area is 130 Å². The third kappa shape index (κ3) is 2.21. The molecule has 0 aliphatic rings. The third-order valence-corrected chi connectivity index (χ3v) is 3.66. The first-order valence-corrected chi connectivity index (χ1v) is 6.92. The molecule has 0 atom stereocenters. The van der Waals surface area contributed by atoms with Gasteiger partial charge in [0.1, 0.15) is 0 Å². The zero-order chi connectivity index (χ0) is 15.9. The normalized spacial score (nSPS) is 10.9. The number of aromatic nitrogens is 3. The van der Waals surface area contributed by atoms with Crippen molar-refractivity contribution in [2.45, 2.75) is 6.92 Å². The third-order valence-electron chi connectivity index (χ3n) is 3.39. The fraction of sp³-hybridized carbons (Fsp3) is 0.133. The van der Waals surface area contributed by atoms with Crippen LogP contribution in [-0.2, 0) is 0 Å². The highest BCUT2D eigenvalue weighted by molar-refractivity contribution is 6.30. The van der Waals surface area contributed by atoms with Gasteiger partial charge in [-0.25, -0.2) is 9.37 Å². The molecule has 0 aliphatic heterocycles. The molecule has 5 nitrogen and oxygen atoms in total. The summed E-state index contributed by atoms with van der Waals surface area (Å²) in [5.41, 5.74) is 1.70. The van der Waals surface area contributed by atoms with Crippen LogP contribution < -0.4 is 10.9 Å².